The standard InChI is InChI=1S/C17H24Cl2N2O2/c1-5-16(22)21(12(4)17(23)20-9-11(2)3)10-13-6-7-14(18)15(19)8-13/h6-8,11-12H,5,9-10H2,1-4H3,(H,20,23)/t12-/m0/s1. The highest BCUT2D eigenvalue weighted by atomic mass is 35.5. The molecule has 0 unspecified atom stereocenters. The predicted molar refractivity (Wildman–Crippen MR) is 94.6 cm³/mol. The van der Waals surface area contributed by atoms with Crippen LogP contribution in [-0.2, 0) is 16.1 Å². The molecule has 2 amide bonds. The zero-order valence-corrected chi connectivity index (χ0v) is 15.5. The molecular formula is C17H24Cl2N2O2. The van der Waals surface area contributed by atoms with Gasteiger partial charge in [-0.2, -0.15) is 0 Å². The third kappa shape index (κ3) is 6.04. The molecule has 6 heteroatoms. The number of nitrogens with one attached hydrogen (secondary N) is 1. The second-order valence-electron chi connectivity index (χ2n) is 5.94. The summed E-state index contributed by atoms with van der Waals surface area (Å²) in [6.07, 6.45) is 0.336. The number of amides is 2. The first-order chi connectivity index (χ1) is 10.8. The van der Waals surface area contributed by atoms with Gasteiger partial charge in [-0.15, -0.1) is 0 Å². The van der Waals surface area contributed by atoms with Crippen LogP contribution < -0.4 is 5.32 Å². The Morgan fingerprint density at radius 2 is 1.83 bits per heavy atom. The lowest BCUT2D eigenvalue weighted by Gasteiger charge is -2.28. The van der Waals surface area contributed by atoms with Crippen LogP contribution >= 0.6 is 23.2 Å². The molecule has 0 bridgehead atoms. The number of halogens is 2. The van der Waals surface area contributed by atoms with Crippen molar-refractivity contribution in [1.29, 1.82) is 0 Å². The van der Waals surface area contributed by atoms with E-state index in [0.717, 1.165) is 5.56 Å². The molecule has 0 aromatic heterocycles. The summed E-state index contributed by atoms with van der Waals surface area (Å²) < 4.78 is 0. The molecule has 1 aromatic carbocycles. The molecule has 0 heterocycles. The van der Waals surface area contributed by atoms with E-state index in [9.17, 15) is 9.59 Å². The maximum atomic E-state index is 12.3. The first kappa shape index (κ1) is 19.8. The zero-order chi connectivity index (χ0) is 17.6. The molecule has 23 heavy (non-hydrogen) atoms. The summed E-state index contributed by atoms with van der Waals surface area (Å²) in [6.45, 7) is 8.47. The maximum absolute atomic E-state index is 12.3. The molecule has 0 aliphatic carbocycles. The van der Waals surface area contributed by atoms with Gasteiger partial charge < -0.3 is 10.2 Å². The Balaban J connectivity index is 2.88. The molecule has 0 radical (unpaired) electrons. The molecule has 0 saturated carbocycles. The quantitative estimate of drug-likeness (QED) is 0.803. The van der Waals surface area contributed by atoms with Crippen LogP contribution in [0.3, 0.4) is 0 Å². The van der Waals surface area contributed by atoms with E-state index in [1.165, 1.54) is 0 Å². The van der Waals surface area contributed by atoms with Crippen molar-refractivity contribution in [3.05, 3.63) is 33.8 Å². The van der Waals surface area contributed by atoms with Gasteiger partial charge in [0.15, 0.2) is 0 Å². The molecule has 0 spiro atoms. The van der Waals surface area contributed by atoms with Gasteiger partial charge in [0.1, 0.15) is 6.04 Å². The van der Waals surface area contributed by atoms with Gasteiger partial charge in [-0.1, -0.05) is 50.0 Å². The van der Waals surface area contributed by atoms with Gasteiger partial charge in [-0.25, -0.2) is 0 Å². The lowest BCUT2D eigenvalue weighted by molar-refractivity contribution is -0.140. The van der Waals surface area contributed by atoms with Gasteiger partial charge in [0.2, 0.25) is 11.8 Å². The molecule has 4 nitrogen and oxygen atoms in total. The van der Waals surface area contributed by atoms with Crippen LogP contribution in [0.5, 0.6) is 0 Å². The smallest absolute Gasteiger partial charge is 0.242 e. The van der Waals surface area contributed by atoms with E-state index in [1.807, 2.05) is 19.9 Å². The molecule has 1 rings (SSSR count). The monoisotopic (exact) mass is 358 g/mol. The second-order valence-corrected chi connectivity index (χ2v) is 6.75. The fourth-order valence-corrected chi connectivity index (χ4v) is 2.39. The van der Waals surface area contributed by atoms with Crippen LogP contribution in [0.2, 0.25) is 10.0 Å². The molecule has 1 N–H and O–H groups in total. The van der Waals surface area contributed by atoms with E-state index in [4.69, 9.17) is 23.2 Å². The van der Waals surface area contributed by atoms with Crippen molar-refractivity contribution >= 4 is 35.0 Å². The molecule has 1 atom stereocenters. The summed E-state index contributed by atoms with van der Waals surface area (Å²) in [6, 6.07) is 4.68. The number of nitrogens with zero attached hydrogens (tertiary/aromatic N) is 1. The highest BCUT2D eigenvalue weighted by molar-refractivity contribution is 6.42. The summed E-state index contributed by atoms with van der Waals surface area (Å²) in [5.41, 5.74) is 0.838. The average molecular weight is 359 g/mol. The van der Waals surface area contributed by atoms with Crippen molar-refractivity contribution in [2.75, 3.05) is 6.54 Å². The van der Waals surface area contributed by atoms with Crippen LogP contribution in [0.1, 0.15) is 39.7 Å². The maximum Gasteiger partial charge on any atom is 0.242 e. The Labute approximate surface area is 148 Å². The zero-order valence-electron chi connectivity index (χ0n) is 14.0. The largest absolute Gasteiger partial charge is 0.354 e. The first-order valence-electron chi connectivity index (χ1n) is 7.77. The van der Waals surface area contributed by atoms with Crippen LogP contribution in [0.25, 0.3) is 0 Å². The molecular weight excluding hydrogens is 335 g/mol. The highest BCUT2D eigenvalue weighted by Gasteiger charge is 2.25. The Morgan fingerprint density at radius 3 is 2.35 bits per heavy atom. The van der Waals surface area contributed by atoms with Crippen LogP contribution in [0.15, 0.2) is 18.2 Å². The Kier molecular flexibility index (Phi) is 7.86. The van der Waals surface area contributed by atoms with Crippen LogP contribution in [0, 0.1) is 5.92 Å². The Bertz CT molecular complexity index is 562. The number of rotatable bonds is 7. The van der Waals surface area contributed by atoms with E-state index in [2.05, 4.69) is 5.32 Å². The van der Waals surface area contributed by atoms with Gasteiger partial charge in [-0.05, 0) is 30.5 Å². The summed E-state index contributed by atoms with van der Waals surface area (Å²) in [7, 11) is 0. The van der Waals surface area contributed by atoms with Gasteiger partial charge in [0.25, 0.3) is 0 Å². The first-order valence-corrected chi connectivity index (χ1v) is 8.52. The van der Waals surface area contributed by atoms with E-state index >= 15 is 0 Å². The average Bonchev–Trinajstić information content (AvgIpc) is 2.52. The van der Waals surface area contributed by atoms with E-state index < -0.39 is 6.04 Å². The minimum absolute atomic E-state index is 0.0803. The molecule has 128 valence electrons. The number of carbonyl (C=O) groups is 2. The van der Waals surface area contributed by atoms with Crippen LogP contribution in [0.4, 0.5) is 0 Å². The summed E-state index contributed by atoms with van der Waals surface area (Å²) in [5, 5.41) is 3.77. The third-order valence-electron chi connectivity index (χ3n) is 3.49. The van der Waals surface area contributed by atoms with Gasteiger partial charge in [0.05, 0.1) is 10.0 Å². The van der Waals surface area contributed by atoms with E-state index in [1.54, 1.807) is 30.9 Å². The number of carbonyl (C=O) groups excluding carboxylic acids is 2. The highest BCUT2D eigenvalue weighted by Crippen LogP contribution is 2.23. The van der Waals surface area contributed by atoms with Gasteiger partial charge >= 0.3 is 0 Å². The molecule has 0 fully saturated rings. The van der Waals surface area contributed by atoms with Gasteiger partial charge in [0, 0.05) is 19.5 Å². The molecule has 0 saturated heterocycles. The lowest BCUT2D eigenvalue weighted by Crippen LogP contribution is -2.48. The van der Waals surface area contributed by atoms with Crippen molar-refractivity contribution in [2.45, 2.75) is 46.7 Å². The molecule has 1 aromatic rings. The fourth-order valence-electron chi connectivity index (χ4n) is 2.07. The van der Waals surface area contributed by atoms with Crippen LogP contribution in [-0.4, -0.2) is 29.3 Å². The third-order valence-corrected chi connectivity index (χ3v) is 4.23. The Morgan fingerprint density at radius 1 is 1.17 bits per heavy atom. The second kappa shape index (κ2) is 9.14. The topological polar surface area (TPSA) is 49.4 Å². The van der Waals surface area contributed by atoms with Crippen molar-refractivity contribution < 1.29 is 9.59 Å². The normalized spacial score (nSPS) is 12.1. The molecule has 0 aliphatic heterocycles. The van der Waals surface area contributed by atoms with Gasteiger partial charge in [-0.3, -0.25) is 9.59 Å². The minimum Gasteiger partial charge on any atom is -0.354 e. The Hall–Kier alpha value is -1.26. The van der Waals surface area contributed by atoms with Crippen molar-refractivity contribution in [3.63, 3.8) is 0 Å². The van der Waals surface area contributed by atoms with E-state index in [0.29, 0.717) is 35.5 Å². The summed E-state index contributed by atoms with van der Waals surface area (Å²) in [4.78, 5) is 26.1. The predicted octanol–water partition coefficient (Wildman–Crippen LogP) is 3.89. The fraction of sp³-hybridized carbons (Fsp3) is 0.529. The van der Waals surface area contributed by atoms with Crippen molar-refractivity contribution in [1.82, 2.24) is 10.2 Å². The number of hydrogen-bond donors (Lipinski definition) is 1. The van der Waals surface area contributed by atoms with E-state index in [-0.39, 0.29) is 11.8 Å². The number of hydrogen-bond acceptors (Lipinski definition) is 2. The minimum atomic E-state index is -0.546. The lowest BCUT2D eigenvalue weighted by atomic mass is 10.1. The SMILES string of the molecule is CCC(=O)N(Cc1ccc(Cl)c(Cl)c1)[C@@H](C)C(=O)NCC(C)C. The summed E-state index contributed by atoms with van der Waals surface area (Å²) in [5.74, 6) is 0.125. The van der Waals surface area contributed by atoms with Crippen molar-refractivity contribution in [3.8, 4) is 0 Å². The summed E-state index contributed by atoms with van der Waals surface area (Å²) >= 11 is 11.9. The van der Waals surface area contributed by atoms with Crippen molar-refractivity contribution in [2.24, 2.45) is 5.92 Å². The molecule has 0 aliphatic rings. The number of benzene rings is 1.